The summed E-state index contributed by atoms with van der Waals surface area (Å²) in [5.74, 6) is 2.32. The Hall–Kier alpha value is -2.47. The Morgan fingerprint density at radius 1 is 0.932 bits per heavy atom. The first kappa shape index (κ1) is 49.2. The topological polar surface area (TPSA) is 88.8 Å². The fraction of sp³-hybridized carbons (Fsp3) is 0.551. The number of carbonyl (C=O) groups excluding carboxylic acids is 1. The highest BCUT2D eigenvalue weighted by Gasteiger charge is 2.50. The second kappa shape index (κ2) is 21.6. The van der Waals surface area contributed by atoms with Gasteiger partial charge in [-0.1, -0.05) is 144 Å². The summed E-state index contributed by atoms with van der Waals surface area (Å²) in [5, 5.41) is 24.4. The predicted molar refractivity (Wildman–Crippen MR) is 257 cm³/mol. The molecule has 1 N–H and O–H groups in total. The van der Waals surface area contributed by atoms with Crippen LogP contribution in [0.2, 0.25) is 23.2 Å². The van der Waals surface area contributed by atoms with Crippen molar-refractivity contribution in [3.05, 3.63) is 108 Å². The highest BCUT2D eigenvalue weighted by Crippen LogP contribution is 2.52. The van der Waals surface area contributed by atoms with Crippen molar-refractivity contribution in [2.45, 2.75) is 151 Å². The Kier molecular flexibility index (Phi) is 18.0. The average molecular weight is 874 g/mol. The van der Waals surface area contributed by atoms with Crippen molar-refractivity contribution in [3.63, 3.8) is 0 Å². The number of thioether (sulfide) groups is 2. The first-order chi connectivity index (χ1) is 27.8. The minimum Gasteiger partial charge on any atom is -0.405 e. The van der Waals surface area contributed by atoms with Gasteiger partial charge < -0.3 is 18.7 Å². The van der Waals surface area contributed by atoms with E-state index in [4.69, 9.17) is 13.6 Å². The monoisotopic (exact) mass is 873 g/mol. The third kappa shape index (κ3) is 13.5. The number of allylic oxidation sites excluding steroid dienone is 3. The molecule has 0 amide bonds. The van der Waals surface area contributed by atoms with Gasteiger partial charge in [0.15, 0.2) is 13.9 Å². The lowest BCUT2D eigenvalue weighted by molar-refractivity contribution is -0.104. The number of hydrogen-bond donors (Lipinski definition) is 1. The molecule has 1 spiro atoms. The van der Waals surface area contributed by atoms with E-state index < -0.39 is 28.3 Å². The molecule has 2 aliphatic rings. The van der Waals surface area contributed by atoms with Crippen molar-refractivity contribution in [1.82, 2.24) is 0 Å². The summed E-state index contributed by atoms with van der Waals surface area (Å²) in [5.41, 5.74) is 1.09. The molecule has 322 valence electrons. The van der Waals surface area contributed by atoms with E-state index in [0.717, 1.165) is 48.2 Å². The Labute approximate surface area is 367 Å². The molecule has 2 saturated heterocycles. The lowest BCUT2D eigenvalue weighted by Crippen LogP contribution is -2.67. The first-order valence-electron chi connectivity index (χ1n) is 21.4. The summed E-state index contributed by atoms with van der Waals surface area (Å²) in [6.07, 6.45) is 17.0. The van der Waals surface area contributed by atoms with Crippen LogP contribution in [0.1, 0.15) is 100 Å². The third-order valence-electron chi connectivity index (χ3n) is 12.0. The van der Waals surface area contributed by atoms with Crippen LogP contribution in [0, 0.1) is 11.3 Å². The number of aldehydes is 1. The predicted octanol–water partition coefficient (Wildman–Crippen LogP) is 11.1. The number of nitrogens with zero attached hydrogens (tertiary/aromatic N) is 1. The number of rotatable bonds is 18. The van der Waals surface area contributed by atoms with Gasteiger partial charge in [0.25, 0.3) is 8.32 Å². The Morgan fingerprint density at radius 2 is 1.54 bits per heavy atom. The number of hydrogen-bond acceptors (Lipinski definition) is 8. The highest BCUT2D eigenvalue weighted by molar-refractivity contribution is 8.18. The fourth-order valence-electron chi connectivity index (χ4n) is 8.16. The number of aliphatic hydroxyl groups is 1. The molecule has 6 nitrogen and oxygen atoms in total. The SMILES string of the molecule is C/C(=C/C=C/C=O)CC(C#N)(C/C=C/C[C@@H]1CC2(C[C@H](/C=C(\C)C[C@@H](O)CO[Si](c3ccccc3)(c3ccccc3)C(C)(C)C)O1)SCCCS2)O[Si](C)(C)C(C)(C)C. The number of nitriles is 1. The molecule has 1 unspecified atom stereocenters. The van der Waals surface area contributed by atoms with Crippen LogP contribution >= 0.6 is 23.5 Å². The molecule has 0 aliphatic carbocycles. The Balaban J connectivity index is 1.50. The van der Waals surface area contributed by atoms with Crippen molar-refractivity contribution in [3.8, 4) is 6.07 Å². The van der Waals surface area contributed by atoms with Gasteiger partial charge in [0.1, 0.15) is 6.29 Å². The molecule has 2 fully saturated rings. The molecular weight excluding hydrogens is 803 g/mol. The van der Waals surface area contributed by atoms with E-state index in [1.54, 1.807) is 6.08 Å². The number of benzene rings is 2. The smallest absolute Gasteiger partial charge is 0.261 e. The largest absolute Gasteiger partial charge is 0.405 e. The summed E-state index contributed by atoms with van der Waals surface area (Å²) < 4.78 is 20.9. The van der Waals surface area contributed by atoms with Gasteiger partial charge in [0.05, 0.1) is 35.1 Å². The van der Waals surface area contributed by atoms with Crippen LogP contribution in [0.5, 0.6) is 0 Å². The van der Waals surface area contributed by atoms with Crippen LogP contribution in [-0.4, -0.2) is 74.1 Å². The molecule has 2 aromatic carbocycles. The maximum absolute atomic E-state index is 11.6. The molecule has 0 aromatic heterocycles. The zero-order chi connectivity index (χ0) is 43.4. The van der Waals surface area contributed by atoms with Gasteiger partial charge in [0.2, 0.25) is 0 Å². The van der Waals surface area contributed by atoms with Crippen molar-refractivity contribution < 1.29 is 23.5 Å². The molecule has 59 heavy (non-hydrogen) atoms. The van der Waals surface area contributed by atoms with E-state index in [1.807, 2.05) is 25.1 Å². The number of carbonyl (C=O) groups is 1. The second-order valence-corrected chi connectivity index (χ2v) is 31.3. The quantitative estimate of drug-likeness (QED) is 0.0521. The Morgan fingerprint density at radius 3 is 2.08 bits per heavy atom. The minimum atomic E-state index is -2.76. The summed E-state index contributed by atoms with van der Waals surface area (Å²) in [4.78, 5) is 10.9. The van der Waals surface area contributed by atoms with E-state index in [0.29, 0.717) is 19.3 Å². The molecule has 4 atom stereocenters. The minimum absolute atomic E-state index is 0.0310. The molecule has 0 saturated carbocycles. The van der Waals surface area contributed by atoms with Gasteiger partial charge in [0, 0.05) is 19.3 Å². The fourth-order valence-corrected chi connectivity index (χ4v) is 17.8. The van der Waals surface area contributed by atoms with E-state index in [-0.39, 0.29) is 33.0 Å². The maximum atomic E-state index is 11.6. The van der Waals surface area contributed by atoms with E-state index in [1.165, 1.54) is 22.9 Å². The lowest BCUT2D eigenvalue weighted by atomic mass is 9.92. The van der Waals surface area contributed by atoms with Gasteiger partial charge >= 0.3 is 0 Å². The summed E-state index contributed by atoms with van der Waals surface area (Å²) in [6, 6.07) is 23.8. The third-order valence-corrected chi connectivity index (χ3v) is 24.9. The summed E-state index contributed by atoms with van der Waals surface area (Å²) >= 11 is 4.17. The first-order valence-corrected chi connectivity index (χ1v) is 28.2. The zero-order valence-electron chi connectivity index (χ0n) is 37.5. The van der Waals surface area contributed by atoms with Crippen LogP contribution in [0.3, 0.4) is 0 Å². The van der Waals surface area contributed by atoms with Crippen LogP contribution in [-0.2, 0) is 18.4 Å². The van der Waals surface area contributed by atoms with Gasteiger partial charge in [-0.05, 0) is 90.7 Å². The normalized spacial score (nSPS) is 21.4. The number of ether oxygens (including phenoxy) is 1. The molecule has 10 heteroatoms. The van der Waals surface area contributed by atoms with Gasteiger partial charge in [-0.25, -0.2) is 0 Å². The molecular formula is C49H71NO5S2Si2. The maximum Gasteiger partial charge on any atom is 0.261 e. The van der Waals surface area contributed by atoms with E-state index in [2.05, 4.69) is 158 Å². The van der Waals surface area contributed by atoms with Crippen molar-refractivity contribution in [2.24, 2.45) is 0 Å². The van der Waals surface area contributed by atoms with Gasteiger partial charge in [-0.3, -0.25) is 4.79 Å². The van der Waals surface area contributed by atoms with Crippen molar-refractivity contribution >= 4 is 56.8 Å². The lowest BCUT2D eigenvalue weighted by Gasteiger charge is -2.45. The van der Waals surface area contributed by atoms with E-state index in [9.17, 15) is 15.2 Å². The van der Waals surface area contributed by atoms with Gasteiger partial charge in [-0.15, -0.1) is 23.5 Å². The number of aliphatic hydroxyl groups excluding tert-OH is 1. The van der Waals surface area contributed by atoms with Crippen molar-refractivity contribution in [2.75, 3.05) is 18.1 Å². The van der Waals surface area contributed by atoms with Crippen LogP contribution in [0.25, 0.3) is 0 Å². The summed E-state index contributed by atoms with van der Waals surface area (Å²) in [7, 11) is -5.06. The van der Waals surface area contributed by atoms with Gasteiger partial charge in [-0.2, -0.15) is 5.26 Å². The zero-order valence-corrected chi connectivity index (χ0v) is 41.1. The molecule has 0 bridgehead atoms. The molecule has 0 radical (unpaired) electrons. The van der Waals surface area contributed by atoms with Crippen LogP contribution < -0.4 is 10.4 Å². The second-order valence-electron chi connectivity index (χ2n) is 19.1. The Bertz CT molecular complexity index is 1760. The highest BCUT2D eigenvalue weighted by atomic mass is 32.2. The molecule has 2 aliphatic heterocycles. The molecule has 2 aromatic rings. The summed E-state index contributed by atoms with van der Waals surface area (Å²) in [6.45, 7) is 22.1. The van der Waals surface area contributed by atoms with Crippen LogP contribution in [0.4, 0.5) is 0 Å². The molecule has 2 heterocycles. The standard InChI is InChI=1S/C49H71NO5S2Si2/c1-39(22-18-20-29-51)34-48(38-50,55-58(9,10)46(3,4)5)28-19-17-23-42-35-49(56-30-21-31-57-49)36-43(54-42)33-40(2)32-41(52)37-53-59(47(6,7)8,44-24-13-11-14-25-44)45-26-15-12-16-27-45/h11-20,22,24-27,29,33,41-43,52H,21,23,28,30-32,34-37H2,1-10H3/b19-17+,20-18+,39-22-,40-33+/t41-,42-,43+,48?/m1/s1. The molecule has 4 rings (SSSR count). The van der Waals surface area contributed by atoms with E-state index >= 15 is 0 Å². The van der Waals surface area contributed by atoms with Crippen LogP contribution in [0.15, 0.2) is 108 Å². The average Bonchev–Trinajstić information content (AvgIpc) is 3.16. The van der Waals surface area contributed by atoms with Crippen molar-refractivity contribution in [1.29, 1.82) is 5.26 Å².